The van der Waals surface area contributed by atoms with Gasteiger partial charge in [-0.2, -0.15) is 0 Å². The van der Waals surface area contributed by atoms with Gasteiger partial charge < -0.3 is 5.32 Å². The van der Waals surface area contributed by atoms with Crippen LogP contribution in [0.5, 0.6) is 0 Å². The van der Waals surface area contributed by atoms with Gasteiger partial charge in [0, 0.05) is 24.7 Å². The molecule has 0 fully saturated rings. The Kier molecular flexibility index (Phi) is 6.53. The van der Waals surface area contributed by atoms with Gasteiger partial charge in [-0.3, -0.25) is 10.1 Å². The van der Waals surface area contributed by atoms with Gasteiger partial charge in [-0.1, -0.05) is 25.4 Å². The molecule has 0 saturated carbocycles. The summed E-state index contributed by atoms with van der Waals surface area (Å²) < 4.78 is 26.5. The number of nitrogens with one attached hydrogen (secondary N) is 2. The first-order valence-corrected chi connectivity index (χ1v) is 8.27. The van der Waals surface area contributed by atoms with Crippen LogP contribution in [0.1, 0.15) is 20.3 Å². The van der Waals surface area contributed by atoms with E-state index in [2.05, 4.69) is 10.0 Å². The van der Waals surface area contributed by atoms with Crippen molar-refractivity contribution in [1.82, 2.24) is 10.0 Å². The van der Waals surface area contributed by atoms with E-state index in [1.54, 1.807) is 0 Å². The van der Waals surface area contributed by atoms with Crippen LogP contribution in [0.15, 0.2) is 23.1 Å². The minimum absolute atomic E-state index is 0.161. The van der Waals surface area contributed by atoms with Gasteiger partial charge in [-0.25, -0.2) is 13.1 Å². The largest absolute Gasteiger partial charge is 0.314 e. The van der Waals surface area contributed by atoms with Crippen LogP contribution in [0.3, 0.4) is 0 Å². The molecule has 0 atom stereocenters. The molecule has 1 aromatic rings. The minimum Gasteiger partial charge on any atom is -0.314 e. The van der Waals surface area contributed by atoms with Crippen LogP contribution in [0, 0.1) is 10.1 Å². The van der Waals surface area contributed by atoms with E-state index in [-0.39, 0.29) is 22.2 Å². The van der Waals surface area contributed by atoms with Gasteiger partial charge in [0.25, 0.3) is 5.69 Å². The number of nitro groups is 1. The zero-order valence-electron chi connectivity index (χ0n) is 11.8. The Bertz CT molecular complexity index is 605. The molecule has 0 bridgehead atoms. The van der Waals surface area contributed by atoms with Crippen molar-refractivity contribution in [1.29, 1.82) is 0 Å². The maximum Gasteiger partial charge on any atom is 0.271 e. The molecule has 0 unspecified atom stereocenters. The Morgan fingerprint density at radius 3 is 2.52 bits per heavy atom. The molecular formula is C12H18ClN3O4S. The molecule has 0 heterocycles. The average Bonchev–Trinajstić information content (AvgIpc) is 2.37. The van der Waals surface area contributed by atoms with Crippen molar-refractivity contribution in [2.75, 3.05) is 13.1 Å². The summed E-state index contributed by atoms with van der Waals surface area (Å²) >= 11 is 5.80. The van der Waals surface area contributed by atoms with Gasteiger partial charge in [0.1, 0.15) is 4.90 Å². The fourth-order valence-corrected chi connectivity index (χ4v) is 3.20. The first kappa shape index (κ1) is 17.8. The van der Waals surface area contributed by atoms with Crippen LogP contribution in [-0.2, 0) is 10.0 Å². The lowest BCUT2D eigenvalue weighted by Gasteiger charge is -2.10. The lowest BCUT2D eigenvalue weighted by molar-refractivity contribution is -0.384. The van der Waals surface area contributed by atoms with Crippen molar-refractivity contribution in [3.8, 4) is 0 Å². The minimum atomic E-state index is -3.77. The van der Waals surface area contributed by atoms with Crippen LogP contribution in [0.2, 0.25) is 5.02 Å². The molecule has 0 spiro atoms. The van der Waals surface area contributed by atoms with Crippen molar-refractivity contribution in [2.45, 2.75) is 31.2 Å². The van der Waals surface area contributed by atoms with E-state index in [1.165, 1.54) is 0 Å². The normalized spacial score (nSPS) is 11.8. The maximum absolute atomic E-state index is 12.0. The molecule has 7 nitrogen and oxygen atoms in total. The third kappa shape index (κ3) is 5.58. The molecular weight excluding hydrogens is 318 g/mol. The smallest absolute Gasteiger partial charge is 0.271 e. The second-order valence-electron chi connectivity index (χ2n) is 4.73. The van der Waals surface area contributed by atoms with Crippen molar-refractivity contribution in [3.05, 3.63) is 33.3 Å². The zero-order valence-corrected chi connectivity index (χ0v) is 13.4. The number of rotatable bonds is 8. The predicted molar refractivity (Wildman–Crippen MR) is 81.1 cm³/mol. The number of nitrogens with zero attached hydrogens (tertiary/aromatic N) is 1. The van der Waals surface area contributed by atoms with Crippen LogP contribution in [0.25, 0.3) is 0 Å². The highest BCUT2D eigenvalue weighted by Gasteiger charge is 2.19. The number of hydrogen-bond acceptors (Lipinski definition) is 5. The first-order valence-electron chi connectivity index (χ1n) is 6.41. The highest BCUT2D eigenvalue weighted by Crippen LogP contribution is 2.25. The highest BCUT2D eigenvalue weighted by molar-refractivity contribution is 7.89. The third-order valence-corrected chi connectivity index (χ3v) is 4.56. The first-order chi connectivity index (χ1) is 9.74. The fourth-order valence-electron chi connectivity index (χ4n) is 1.58. The summed E-state index contributed by atoms with van der Waals surface area (Å²) in [5, 5.41) is 13.6. The number of non-ortho nitro benzene ring substituents is 1. The topological polar surface area (TPSA) is 101 Å². The van der Waals surface area contributed by atoms with Gasteiger partial charge in [-0.05, 0) is 19.0 Å². The average molecular weight is 336 g/mol. The Morgan fingerprint density at radius 1 is 1.33 bits per heavy atom. The van der Waals surface area contributed by atoms with E-state index < -0.39 is 14.9 Å². The molecule has 1 aromatic carbocycles. The molecule has 2 N–H and O–H groups in total. The maximum atomic E-state index is 12.0. The molecule has 0 aliphatic rings. The molecule has 0 aliphatic heterocycles. The fraction of sp³-hybridized carbons (Fsp3) is 0.500. The lowest BCUT2D eigenvalue weighted by Crippen LogP contribution is -2.29. The summed E-state index contributed by atoms with van der Waals surface area (Å²) in [5.74, 6) is 0. The summed E-state index contributed by atoms with van der Waals surface area (Å²) in [5.41, 5.74) is -0.250. The SMILES string of the molecule is CC(C)NCCCNS(=O)(=O)c1ccc([N+](=O)[O-])cc1Cl. The summed E-state index contributed by atoms with van der Waals surface area (Å²) in [6.07, 6.45) is 0.627. The van der Waals surface area contributed by atoms with Crippen LogP contribution < -0.4 is 10.0 Å². The number of halogens is 1. The molecule has 0 saturated heterocycles. The number of hydrogen-bond donors (Lipinski definition) is 2. The lowest BCUT2D eigenvalue weighted by atomic mass is 10.3. The number of benzene rings is 1. The van der Waals surface area contributed by atoms with Gasteiger partial charge in [0.2, 0.25) is 10.0 Å². The standard InChI is InChI=1S/C12H18ClN3O4S/c1-9(2)14-6-3-7-15-21(19,20)12-5-4-10(16(17)18)8-11(12)13/h4-5,8-9,14-15H,3,6-7H2,1-2H3. The van der Waals surface area contributed by atoms with Gasteiger partial charge in [0.05, 0.1) is 9.95 Å². The predicted octanol–water partition coefficient (Wildman–Crippen LogP) is 1.91. The molecule has 0 radical (unpaired) electrons. The molecule has 21 heavy (non-hydrogen) atoms. The molecule has 0 amide bonds. The molecule has 1 rings (SSSR count). The molecule has 0 aliphatic carbocycles. The van der Waals surface area contributed by atoms with E-state index in [0.717, 1.165) is 18.2 Å². The van der Waals surface area contributed by atoms with Crippen molar-refractivity contribution in [3.63, 3.8) is 0 Å². The van der Waals surface area contributed by atoms with E-state index in [4.69, 9.17) is 11.6 Å². The Morgan fingerprint density at radius 2 is 2.00 bits per heavy atom. The quantitative estimate of drug-likeness (QED) is 0.429. The summed E-state index contributed by atoms with van der Waals surface area (Å²) in [7, 11) is -3.77. The van der Waals surface area contributed by atoms with E-state index in [9.17, 15) is 18.5 Å². The molecule has 118 valence electrons. The summed E-state index contributed by atoms with van der Waals surface area (Å²) in [6.45, 7) is 4.95. The van der Waals surface area contributed by atoms with E-state index >= 15 is 0 Å². The van der Waals surface area contributed by atoms with E-state index in [1.807, 2.05) is 13.8 Å². The van der Waals surface area contributed by atoms with Gasteiger partial charge >= 0.3 is 0 Å². The van der Waals surface area contributed by atoms with Crippen molar-refractivity contribution >= 4 is 27.3 Å². The zero-order chi connectivity index (χ0) is 16.0. The summed E-state index contributed by atoms with van der Waals surface area (Å²) in [6, 6.07) is 3.61. The third-order valence-electron chi connectivity index (χ3n) is 2.61. The number of sulfonamides is 1. The Labute approximate surface area is 128 Å². The van der Waals surface area contributed by atoms with Crippen LogP contribution in [0.4, 0.5) is 5.69 Å². The van der Waals surface area contributed by atoms with Crippen molar-refractivity contribution < 1.29 is 13.3 Å². The van der Waals surface area contributed by atoms with E-state index in [0.29, 0.717) is 19.0 Å². The Hall–Kier alpha value is -1.22. The number of nitro benzene ring substituents is 1. The molecule has 9 heteroatoms. The second kappa shape index (κ2) is 7.69. The molecule has 0 aromatic heterocycles. The second-order valence-corrected chi connectivity index (χ2v) is 6.87. The van der Waals surface area contributed by atoms with Crippen molar-refractivity contribution in [2.24, 2.45) is 0 Å². The Balaban J connectivity index is 2.68. The summed E-state index contributed by atoms with van der Waals surface area (Å²) in [4.78, 5) is 9.80. The monoisotopic (exact) mass is 335 g/mol. The van der Waals surface area contributed by atoms with Gasteiger partial charge in [0.15, 0.2) is 0 Å². The van der Waals surface area contributed by atoms with Crippen LogP contribution in [-0.4, -0.2) is 32.5 Å². The van der Waals surface area contributed by atoms with Crippen LogP contribution >= 0.6 is 11.6 Å². The highest BCUT2D eigenvalue weighted by atomic mass is 35.5. The van der Waals surface area contributed by atoms with Gasteiger partial charge in [-0.15, -0.1) is 0 Å².